The summed E-state index contributed by atoms with van der Waals surface area (Å²) in [7, 11) is 0. The molecule has 1 aliphatic heterocycles. The number of para-hydroxylation sites is 2. The molecule has 0 fully saturated rings. The van der Waals surface area contributed by atoms with Gasteiger partial charge in [-0.05, 0) is 116 Å². The third-order valence-corrected chi connectivity index (χ3v) is 13.9. The van der Waals surface area contributed by atoms with E-state index in [4.69, 9.17) is 9.15 Å². The van der Waals surface area contributed by atoms with Gasteiger partial charge in [-0.15, -0.1) is 0 Å². The van der Waals surface area contributed by atoms with Crippen molar-refractivity contribution in [2.45, 2.75) is 24.7 Å². The van der Waals surface area contributed by atoms with E-state index in [2.05, 4.69) is 219 Å². The van der Waals surface area contributed by atoms with Crippen LogP contribution in [0.25, 0.3) is 55.5 Å². The average Bonchev–Trinajstić information content (AvgIpc) is 3.94. The van der Waals surface area contributed by atoms with E-state index in [1.165, 1.54) is 55.6 Å². The number of benzene rings is 9. The van der Waals surface area contributed by atoms with Crippen LogP contribution in [0, 0.1) is 0 Å². The van der Waals surface area contributed by atoms with Crippen molar-refractivity contribution >= 4 is 28.0 Å². The van der Waals surface area contributed by atoms with Gasteiger partial charge in [0.1, 0.15) is 16.7 Å². The van der Waals surface area contributed by atoms with Gasteiger partial charge in [-0.3, -0.25) is 0 Å². The Morgan fingerprint density at radius 2 is 1.00 bits per heavy atom. The Morgan fingerprint density at radius 3 is 1.81 bits per heavy atom. The number of furan rings is 1. The predicted octanol–water partition coefficient (Wildman–Crippen LogP) is 16.0. The van der Waals surface area contributed by atoms with Crippen LogP contribution < -0.4 is 9.64 Å². The summed E-state index contributed by atoms with van der Waals surface area (Å²) in [5, 5.41) is 0.976. The number of ether oxygens (including phenoxy) is 1. The summed E-state index contributed by atoms with van der Waals surface area (Å²) in [6.45, 7) is 4.72. The van der Waals surface area contributed by atoms with Crippen LogP contribution in [0.3, 0.4) is 0 Å². The molecule has 63 heavy (non-hydrogen) atoms. The normalized spacial score (nSPS) is 15.8. The predicted molar refractivity (Wildman–Crippen MR) is 257 cm³/mol. The lowest BCUT2D eigenvalue weighted by Gasteiger charge is -2.36. The molecule has 13 rings (SSSR count). The van der Waals surface area contributed by atoms with Crippen molar-refractivity contribution in [2.75, 3.05) is 4.90 Å². The maximum Gasteiger partial charge on any atom is 0.178 e. The van der Waals surface area contributed by atoms with Gasteiger partial charge in [-0.1, -0.05) is 172 Å². The van der Waals surface area contributed by atoms with E-state index in [1.807, 2.05) is 12.1 Å². The summed E-state index contributed by atoms with van der Waals surface area (Å²) >= 11 is 0. The molecule has 1 aromatic heterocycles. The van der Waals surface area contributed by atoms with Crippen LogP contribution in [0.1, 0.15) is 47.4 Å². The zero-order valence-corrected chi connectivity index (χ0v) is 35.0. The van der Waals surface area contributed by atoms with Gasteiger partial charge in [0.15, 0.2) is 11.5 Å². The quantitative estimate of drug-likeness (QED) is 0.173. The number of fused-ring (bicyclic) bond motifs is 14. The van der Waals surface area contributed by atoms with Gasteiger partial charge in [0.05, 0.1) is 11.1 Å². The minimum absolute atomic E-state index is 0.170. The standard InChI is InChI=1S/C60H41NO2/c1-59(2)49-24-12-9-21-43(49)45-32-30-42(37-53(45)59)61(54-34-29-40(38-17-5-3-6-18-38)35-47(54)39-19-7-4-8-20-39)41-31-33-51-48(36-41)44-22-10-13-25-50(44)60(51)52-26-14-16-28-56(52)62-57-46-23-11-15-27-55(46)63-58(57)60/h3-37H,1-2H3. The van der Waals surface area contributed by atoms with E-state index in [0.29, 0.717) is 0 Å². The Bertz CT molecular complexity index is 3470. The van der Waals surface area contributed by atoms with Crippen LogP contribution in [-0.4, -0.2) is 0 Å². The molecule has 2 aliphatic carbocycles. The van der Waals surface area contributed by atoms with Crippen LogP contribution >= 0.6 is 0 Å². The number of rotatable bonds is 5. The van der Waals surface area contributed by atoms with E-state index in [0.717, 1.165) is 62.0 Å². The molecule has 3 aliphatic rings. The second-order valence-corrected chi connectivity index (χ2v) is 17.6. The van der Waals surface area contributed by atoms with Gasteiger partial charge in [-0.25, -0.2) is 0 Å². The second kappa shape index (κ2) is 13.3. The molecule has 3 heteroatoms. The Morgan fingerprint density at radius 1 is 0.397 bits per heavy atom. The van der Waals surface area contributed by atoms with Crippen molar-refractivity contribution in [3.05, 3.63) is 246 Å². The molecule has 9 aromatic carbocycles. The van der Waals surface area contributed by atoms with Gasteiger partial charge < -0.3 is 14.1 Å². The Hall–Kier alpha value is -7.88. The largest absolute Gasteiger partial charge is 0.455 e. The summed E-state index contributed by atoms with van der Waals surface area (Å²) in [4.78, 5) is 2.48. The first-order valence-electron chi connectivity index (χ1n) is 21.8. The van der Waals surface area contributed by atoms with Crippen molar-refractivity contribution in [1.82, 2.24) is 0 Å². The maximum atomic E-state index is 6.98. The molecule has 0 saturated carbocycles. The van der Waals surface area contributed by atoms with Gasteiger partial charge in [0, 0.05) is 27.9 Å². The monoisotopic (exact) mass is 807 g/mol. The van der Waals surface area contributed by atoms with E-state index in [1.54, 1.807) is 0 Å². The Kier molecular flexibility index (Phi) is 7.57. The number of nitrogens with zero attached hydrogens (tertiary/aromatic N) is 1. The lowest BCUT2D eigenvalue weighted by molar-refractivity contribution is 0.389. The number of hydrogen-bond acceptors (Lipinski definition) is 3. The van der Waals surface area contributed by atoms with Gasteiger partial charge >= 0.3 is 0 Å². The molecule has 298 valence electrons. The topological polar surface area (TPSA) is 25.6 Å². The third-order valence-electron chi connectivity index (χ3n) is 13.9. The van der Waals surface area contributed by atoms with E-state index < -0.39 is 5.41 Å². The minimum Gasteiger partial charge on any atom is -0.455 e. The van der Waals surface area contributed by atoms with E-state index >= 15 is 0 Å². The molecule has 2 heterocycles. The zero-order valence-electron chi connectivity index (χ0n) is 35.0. The fourth-order valence-electron chi connectivity index (χ4n) is 11.1. The van der Waals surface area contributed by atoms with Crippen LogP contribution in [0.5, 0.6) is 11.5 Å². The highest BCUT2D eigenvalue weighted by atomic mass is 16.5. The van der Waals surface area contributed by atoms with Gasteiger partial charge in [0.2, 0.25) is 0 Å². The highest BCUT2D eigenvalue weighted by molar-refractivity contribution is 5.97. The third kappa shape index (κ3) is 5.02. The molecular weight excluding hydrogens is 767 g/mol. The molecular formula is C60H41NO2. The van der Waals surface area contributed by atoms with Crippen LogP contribution in [0.4, 0.5) is 17.1 Å². The average molecular weight is 808 g/mol. The lowest BCUT2D eigenvalue weighted by Crippen LogP contribution is -2.31. The maximum absolute atomic E-state index is 6.98. The van der Waals surface area contributed by atoms with Crippen LogP contribution in [0.15, 0.2) is 217 Å². The molecule has 0 saturated heterocycles. The molecule has 0 bridgehead atoms. The van der Waals surface area contributed by atoms with Gasteiger partial charge in [0.25, 0.3) is 0 Å². The molecule has 10 aromatic rings. The van der Waals surface area contributed by atoms with Crippen molar-refractivity contribution in [3.63, 3.8) is 0 Å². The van der Waals surface area contributed by atoms with Crippen LogP contribution in [-0.2, 0) is 10.8 Å². The van der Waals surface area contributed by atoms with Crippen molar-refractivity contribution in [2.24, 2.45) is 0 Å². The Balaban J connectivity index is 1.08. The van der Waals surface area contributed by atoms with E-state index in [9.17, 15) is 0 Å². The smallest absolute Gasteiger partial charge is 0.178 e. The summed E-state index contributed by atoms with van der Waals surface area (Å²) in [5.41, 5.74) is 19.0. The van der Waals surface area contributed by atoms with Crippen molar-refractivity contribution in [1.29, 1.82) is 0 Å². The lowest BCUT2D eigenvalue weighted by atomic mass is 9.69. The summed E-state index contributed by atoms with van der Waals surface area (Å²) in [5.74, 6) is 2.45. The fraction of sp³-hybridized carbons (Fsp3) is 0.0667. The molecule has 1 unspecified atom stereocenters. The second-order valence-electron chi connectivity index (χ2n) is 17.6. The SMILES string of the molecule is CC1(C)c2ccccc2-c2ccc(N(c3ccc4c(c3)-c3ccccc3C43c4ccccc4Oc4c3oc3ccccc43)c3ccc(-c4ccccc4)cc3-c3ccccc3)cc21. The highest BCUT2D eigenvalue weighted by Gasteiger charge is 2.54. The molecule has 3 nitrogen and oxygen atoms in total. The summed E-state index contributed by atoms with van der Waals surface area (Å²) < 4.78 is 13.8. The van der Waals surface area contributed by atoms with Crippen molar-refractivity contribution in [3.8, 4) is 56.0 Å². The molecule has 0 N–H and O–H groups in total. The Labute approximate surface area is 367 Å². The summed E-state index contributed by atoms with van der Waals surface area (Å²) in [6, 6.07) is 77.1. The molecule has 0 radical (unpaired) electrons. The van der Waals surface area contributed by atoms with Crippen molar-refractivity contribution < 1.29 is 9.15 Å². The van der Waals surface area contributed by atoms with Gasteiger partial charge in [-0.2, -0.15) is 0 Å². The molecule has 1 spiro atoms. The fourth-order valence-corrected chi connectivity index (χ4v) is 11.1. The first-order chi connectivity index (χ1) is 31.0. The molecule has 0 amide bonds. The minimum atomic E-state index is -0.728. The van der Waals surface area contributed by atoms with Crippen LogP contribution in [0.2, 0.25) is 0 Å². The first kappa shape index (κ1) is 35.8. The zero-order chi connectivity index (χ0) is 41.9. The molecule has 1 atom stereocenters. The number of hydrogen-bond donors (Lipinski definition) is 0. The highest BCUT2D eigenvalue weighted by Crippen LogP contribution is 2.64. The summed E-state index contributed by atoms with van der Waals surface area (Å²) in [6.07, 6.45) is 0. The first-order valence-corrected chi connectivity index (χ1v) is 21.8. The number of anilines is 3. The van der Waals surface area contributed by atoms with E-state index in [-0.39, 0.29) is 5.41 Å².